The number of rotatable bonds is 7. The highest BCUT2D eigenvalue weighted by Gasteiger charge is 2.33. The van der Waals surface area contributed by atoms with Crippen LogP contribution >= 0.6 is 0 Å². The van der Waals surface area contributed by atoms with Crippen molar-refractivity contribution in [3.8, 4) is 6.07 Å². The molecule has 0 aliphatic heterocycles. The van der Waals surface area contributed by atoms with Gasteiger partial charge in [0, 0.05) is 0 Å². The van der Waals surface area contributed by atoms with Gasteiger partial charge in [0.1, 0.15) is 12.1 Å². The highest BCUT2D eigenvalue weighted by Crippen LogP contribution is 2.27. The molecular formula is C19H25N3O5S. The third-order valence-corrected chi connectivity index (χ3v) is 5.85. The fraction of sp³-hybridized carbons (Fsp3) is 0.526. The average molecular weight is 407 g/mol. The van der Waals surface area contributed by atoms with Crippen molar-refractivity contribution in [1.82, 2.24) is 5.32 Å². The second-order valence-corrected chi connectivity index (χ2v) is 8.93. The fourth-order valence-corrected chi connectivity index (χ4v) is 4.16. The molecule has 0 saturated heterocycles. The maximum atomic E-state index is 12.2. The van der Waals surface area contributed by atoms with Crippen LogP contribution in [-0.4, -0.2) is 45.2 Å². The van der Waals surface area contributed by atoms with E-state index in [1.54, 1.807) is 31.2 Å². The van der Waals surface area contributed by atoms with Gasteiger partial charge >= 0.3 is 5.97 Å². The maximum Gasteiger partial charge on any atom is 0.327 e. The summed E-state index contributed by atoms with van der Waals surface area (Å²) in [5, 5.41) is 12.0. The summed E-state index contributed by atoms with van der Waals surface area (Å²) in [4.78, 5) is 24.3. The number of nitrogens with zero attached hydrogens (tertiary/aromatic N) is 2. The van der Waals surface area contributed by atoms with E-state index >= 15 is 0 Å². The number of anilines is 1. The van der Waals surface area contributed by atoms with Crippen molar-refractivity contribution in [3.05, 3.63) is 29.8 Å². The molecule has 152 valence electrons. The number of hydrogen-bond acceptors (Lipinski definition) is 6. The van der Waals surface area contributed by atoms with E-state index < -0.39 is 40.6 Å². The molecule has 1 aliphatic carbocycles. The van der Waals surface area contributed by atoms with Gasteiger partial charge in [0.05, 0.1) is 18.0 Å². The summed E-state index contributed by atoms with van der Waals surface area (Å²) in [5.41, 5.74) is 0.144. The lowest BCUT2D eigenvalue weighted by atomic mass is 9.83. The van der Waals surface area contributed by atoms with Crippen molar-refractivity contribution in [2.24, 2.45) is 0 Å². The first-order chi connectivity index (χ1) is 13.2. The zero-order valence-corrected chi connectivity index (χ0v) is 16.9. The van der Waals surface area contributed by atoms with Gasteiger partial charge in [0.25, 0.3) is 5.91 Å². The third-order valence-electron chi connectivity index (χ3n) is 4.72. The topological polar surface area (TPSA) is 117 Å². The molecule has 2 rings (SSSR count). The van der Waals surface area contributed by atoms with Crippen LogP contribution in [0.2, 0.25) is 0 Å². The van der Waals surface area contributed by atoms with Crippen molar-refractivity contribution in [1.29, 1.82) is 5.26 Å². The second-order valence-electron chi connectivity index (χ2n) is 7.02. The summed E-state index contributed by atoms with van der Waals surface area (Å²) in [7, 11) is -3.72. The molecule has 0 aromatic heterocycles. The highest BCUT2D eigenvalue weighted by molar-refractivity contribution is 7.92. The van der Waals surface area contributed by atoms with Crippen molar-refractivity contribution in [3.63, 3.8) is 0 Å². The smallest absolute Gasteiger partial charge is 0.327 e. The van der Waals surface area contributed by atoms with Crippen LogP contribution in [0.25, 0.3) is 0 Å². The Labute approximate surface area is 165 Å². The summed E-state index contributed by atoms with van der Waals surface area (Å²) < 4.78 is 30.1. The molecular weight excluding hydrogens is 382 g/mol. The van der Waals surface area contributed by atoms with Gasteiger partial charge in [-0.3, -0.25) is 13.9 Å². The number of carbonyl (C=O) groups excluding carboxylic acids is 2. The van der Waals surface area contributed by atoms with Gasteiger partial charge in [-0.05, 0) is 31.4 Å². The van der Waals surface area contributed by atoms with Gasteiger partial charge in [-0.2, -0.15) is 5.26 Å². The number of para-hydroxylation sites is 1. The van der Waals surface area contributed by atoms with E-state index in [0.717, 1.165) is 29.8 Å². The number of ether oxygens (including phenoxy) is 1. The van der Waals surface area contributed by atoms with Crippen LogP contribution in [0.15, 0.2) is 24.3 Å². The molecule has 1 N–H and O–H groups in total. The van der Waals surface area contributed by atoms with E-state index in [1.165, 1.54) is 0 Å². The molecule has 1 aromatic rings. The minimum absolute atomic E-state index is 0.372. The molecule has 0 radical (unpaired) electrons. The molecule has 1 aromatic carbocycles. The first-order valence-corrected chi connectivity index (χ1v) is 10.9. The predicted octanol–water partition coefficient (Wildman–Crippen LogP) is 1.65. The molecule has 8 nitrogen and oxygen atoms in total. The van der Waals surface area contributed by atoms with Crippen molar-refractivity contribution in [2.75, 3.05) is 23.7 Å². The largest absolute Gasteiger partial charge is 0.454 e. The minimum atomic E-state index is -3.72. The van der Waals surface area contributed by atoms with Crippen LogP contribution in [-0.2, 0) is 24.3 Å². The fourth-order valence-electron chi connectivity index (χ4n) is 3.26. The summed E-state index contributed by atoms with van der Waals surface area (Å²) in [6.45, 7) is 0.631. The summed E-state index contributed by atoms with van der Waals surface area (Å²) >= 11 is 0. The standard InChI is InChI=1S/C19H25N3O5S/c1-15-8-4-5-9-16(15)22(28(2,25)26)12-18(24)27-13-17(23)21-19(14-20)10-6-3-7-11-19/h4-5,8-9H,3,6-7,10-13H2,1-2H3,(H,21,23). The lowest BCUT2D eigenvalue weighted by Gasteiger charge is -2.31. The van der Waals surface area contributed by atoms with Crippen LogP contribution in [0.4, 0.5) is 5.69 Å². The molecule has 0 atom stereocenters. The van der Waals surface area contributed by atoms with Gasteiger partial charge in [-0.1, -0.05) is 37.5 Å². The monoisotopic (exact) mass is 407 g/mol. The van der Waals surface area contributed by atoms with E-state index in [2.05, 4.69) is 11.4 Å². The third kappa shape index (κ3) is 5.70. The Hall–Kier alpha value is -2.60. The maximum absolute atomic E-state index is 12.2. The van der Waals surface area contributed by atoms with Gasteiger partial charge in [-0.25, -0.2) is 8.42 Å². The number of sulfonamides is 1. The first-order valence-electron chi connectivity index (χ1n) is 9.08. The Morgan fingerprint density at radius 1 is 1.25 bits per heavy atom. The SMILES string of the molecule is Cc1ccccc1N(CC(=O)OCC(=O)NC1(C#N)CCCCC1)S(C)(=O)=O. The number of nitriles is 1. The Balaban J connectivity index is 1.97. The normalized spacial score (nSPS) is 15.9. The van der Waals surface area contributed by atoms with Crippen LogP contribution in [0, 0.1) is 18.3 Å². The van der Waals surface area contributed by atoms with E-state index in [1.807, 2.05) is 0 Å². The van der Waals surface area contributed by atoms with Crippen LogP contribution < -0.4 is 9.62 Å². The Morgan fingerprint density at radius 2 is 1.89 bits per heavy atom. The van der Waals surface area contributed by atoms with Crippen LogP contribution in [0.1, 0.15) is 37.7 Å². The van der Waals surface area contributed by atoms with E-state index in [9.17, 15) is 23.3 Å². The number of carbonyl (C=O) groups is 2. The summed E-state index contributed by atoms with van der Waals surface area (Å²) in [5.74, 6) is -1.42. The summed E-state index contributed by atoms with van der Waals surface area (Å²) in [6, 6.07) is 8.92. The zero-order chi connectivity index (χ0) is 20.8. The van der Waals surface area contributed by atoms with Crippen LogP contribution in [0.5, 0.6) is 0 Å². The van der Waals surface area contributed by atoms with Crippen molar-refractivity contribution < 1.29 is 22.7 Å². The van der Waals surface area contributed by atoms with E-state index in [0.29, 0.717) is 24.1 Å². The Morgan fingerprint density at radius 3 is 2.46 bits per heavy atom. The van der Waals surface area contributed by atoms with E-state index in [4.69, 9.17) is 4.74 Å². The van der Waals surface area contributed by atoms with Gasteiger partial charge in [-0.15, -0.1) is 0 Å². The molecule has 1 aliphatic rings. The van der Waals surface area contributed by atoms with Gasteiger partial charge < -0.3 is 10.1 Å². The number of nitrogens with one attached hydrogen (secondary N) is 1. The van der Waals surface area contributed by atoms with Gasteiger partial charge in [0.15, 0.2) is 6.61 Å². The molecule has 1 amide bonds. The van der Waals surface area contributed by atoms with Crippen LogP contribution in [0.3, 0.4) is 0 Å². The number of hydrogen-bond donors (Lipinski definition) is 1. The molecule has 0 heterocycles. The molecule has 0 spiro atoms. The molecule has 9 heteroatoms. The Kier molecular flexibility index (Phi) is 7.02. The van der Waals surface area contributed by atoms with E-state index in [-0.39, 0.29) is 0 Å². The molecule has 28 heavy (non-hydrogen) atoms. The van der Waals surface area contributed by atoms with Gasteiger partial charge in [0.2, 0.25) is 10.0 Å². The number of esters is 1. The quantitative estimate of drug-likeness (QED) is 0.687. The molecule has 0 bridgehead atoms. The lowest BCUT2D eigenvalue weighted by molar-refractivity contribution is -0.147. The number of amides is 1. The predicted molar refractivity (Wildman–Crippen MR) is 104 cm³/mol. The number of aryl methyl sites for hydroxylation is 1. The Bertz CT molecular complexity index is 870. The lowest BCUT2D eigenvalue weighted by Crippen LogP contribution is -2.50. The number of benzene rings is 1. The minimum Gasteiger partial charge on any atom is -0.454 e. The highest BCUT2D eigenvalue weighted by atomic mass is 32.2. The average Bonchev–Trinajstić information content (AvgIpc) is 2.65. The second kappa shape index (κ2) is 9.06. The molecule has 1 saturated carbocycles. The first kappa shape index (κ1) is 21.7. The van der Waals surface area contributed by atoms with Crippen molar-refractivity contribution in [2.45, 2.75) is 44.6 Å². The summed E-state index contributed by atoms with van der Waals surface area (Å²) in [6.07, 6.45) is 4.87. The molecule has 0 unspecified atom stereocenters. The zero-order valence-electron chi connectivity index (χ0n) is 16.1. The van der Waals surface area contributed by atoms with Crippen molar-refractivity contribution >= 4 is 27.6 Å². The molecule has 1 fully saturated rings.